The van der Waals surface area contributed by atoms with Crippen molar-refractivity contribution < 1.29 is 0 Å². The van der Waals surface area contributed by atoms with Crippen LogP contribution >= 0.6 is 0 Å². The fourth-order valence-electron chi connectivity index (χ4n) is 12.3. The van der Waals surface area contributed by atoms with Gasteiger partial charge in [0, 0.05) is 39.3 Å². The molecule has 0 bridgehead atoms. The van der Waals surface area contributed by atoms with E-state index in [1.54, 1.807) is 0 Å². The van der Waals surface area contributed by atoms with Crippen molar-refractivity contribution >= 4 is 34.1 Å². The summed E-state index contributed by atoms with van der Waals surface area (Å²) in [4.78, 5) is 5.01. The third-order valence-electron chi connectivity index (χ3n) is 15.4. The van der Waals surface area contributed by atoms with Crippen molar-refractivity contribution in [1.29, 1.82) is 0 Å². The molecule has 75 heavy (non-hydrogen) atoms. The molecule has 2 aliphatic rings. The Balaban J connectivity index is 1.13. The van der Waals surface area contributed by atoms with Crippen LogP contribution in [0.4, 0.5) is 34.1 Å². The second-order valence-corrected chi connectivity index (χ2v) is 19.5. The predicted octanol–water partition coefficient (Wildman–Crippen LogP) is 19.6. The highest BCUT2D eigenvalue weighted by Crippen LogP contribution is 2.66. The van der Waals surface area contributed by atoms with Crippen LogP contribution in [0.3, 0.4) is 0 Å². The minimum Gasteiger partial charge on any atom is -0.310 e. The number of hydrogen-bond acceptors (Lipinski definition) is 2. The zero-order valence-electron chi connectivity index (χ0n) is 41.3. The van der Waals surface area contributed by atoms with Gasteiger partial charge in [0.05, 0.1) is 22.5 Å². The van der Waals surface area contributed by atoms with Crippen molar-refractivity contribution in [3.05, 3.63) is 326 Å². The summed E-state index contributed by atoms with van der Waals surface area (Å²) in [5.41, 5.74) is 25.2. The van der Waals surface area contributed by atoms with E-state index >= 15 is 0 Å². The molecule has 0 radical (unpaired) electrons. The standard InChI is InChI=1S/C73H50N2/c1-8-27-51(28-9-1)58-43-26-44-59(52-29-10-2-11-30-52)72(58)75(57-39-20-7-21-40-57)71-50-69-65(48-63(71)54-33-14-4-15-34-54)61-42-23-25-46-67(61)73(69)66-45-24-22-41-60(66)64-47-62(53-31-12-3-13-32-53)70(49-68(64)73)74(55-35-16-5-17-36-55)56-37-18-6-19-38-56/h1-50H. The zero-order chi connectivity index (χ0) is 49.7. The Hall–Kier alpha value is -9.76. The second kappa shape index (κ2) is 18.4. The summed E-state index contributed by atoms with van der Waals surface area (Å²) >= 11 is 0. The molecule has 0 aromatic heterocycles. The molecule has 0 aliphatic heterocycles. The van der Waals surface area contributed by atoms with E-state index in [-0.39, 0.29) is 0 Å². The topological polar surface area (TPSA) is 6.48 Å². The molecule has 0 N–H and O–H groups in total. The fraction of sp³-hybridized carbons (Fsp3) is 0.0137. The fourth-order valence-corrected chi connectivity index (χ4v) is 12.3. The first-order chi connectivity index (χ1) is 37.3. The van der Waals surface area contributed by atoms with E-state index in [0.29, 0.717) is 0 Å². The number of nitrogens with zero attached hydrogens (tertiary/aromatic N) is 2. The third kappa shape index (κ3) is 7.17. The SMILES string of the molecule is c1ccc(-c2cc3c(cc2N(c2ccccc2)c2ccccc2)C2(c4ccccc4-3)c3ccccc3-c3cc(-c4ccccc4)c(N(c4ccccc4)c4c(-c5ccccc5)cccc4-c4ccccc4)cc32)cc1. The molecule has 0 saturated heterocycles. The number of para-hydroxylation sites is 4. The van der Waals surface area contributed by atoms with Crippen LogP contribution in [0.25, 0.3) is 66.8 Å². The Morgan fingerprint density at radius 1 is 0.200 bits per heavy atom. The predicted molar refractivity (Wildman–Crippen MR) is 314 cm³/mol. The number of fused-ring (bicyclic) bond motifs is 10. The quantitative estimate of drug-likeness (QED) is 0.135. The van der Waals surface area contributed by atoms with Gasteiger partial charge in [-0.15, -0.1) is 0 Å². The molecule has 0 saturated carbocycles. The lowest BCUT2D eigenvalue weighted by Crippen LogP contribution is -2.27. The molecule has 14 rings (SSSR count). The summed E-state index contributed by atoms with van der Waals surface area (Å²) in [6, 6.07) is 112. The lowest BCUT2D eigenvalue weighted by Gasteiger charge is -2.35. The Bertz CT molecular complexity index is 3920. The minimum atomic E-state index is -0.700. The summed E-state index contributed by atoms with van der Waals surface area (Å²) in [6.07, 6.45) is 0. The van der Waals surface area contributed by atoms with Gasteiger partial charge in [-0.25, -0.2) is 0 Å². The normalized spacial score (nSPS) is 13.7. The zero-order valence-corrected chi connectivity index (χ0v) is 41.3. The molecule has 0 heterocycles. The van der Waals surface area contributed by atoms with Crippen molar-refractivity contribution in [2.24, 2.45) is 0 Å². The van der Waals surface area contributed by atoms with Crippen LogP contribution in [0.15, 0.2) is 303 Å². The highest BCUT2D eigenvalue weighted by Gasteiger charge is 2.53. The van der Waals surface area contributed by atoms with Gasteiger partial charge >= 0.3 is 0 Å². The van der Waals surface area contributed by atoms with E-state index in [9.17, 15) is 0 Å². The van der Waals surface area contributed by atoms with Crippen LogP contribution in [0.1, 0.15) is 22.3 Å². The summed E-state index contributed by atoms with van der Waals surface area (Å²) in [5, 5.41) is 0. The largest absolute Gasteiger partial charge is 0.310 e. The molecule has 0 fully saturated rings. The molecule has 12 aromatic rings. The van der Waals surface area contributed by atoms with Gasteiger partial charge in [-0.3, -0.25) is 0 Å². The minimum absolute atomic E-state index is 0.700. The van der Waals surface area contributed by atoms with E-state index in [1.165, 1.54) is 50.1 Å². The van der Waals surface area contributed by atoms with Gasteiger partial charge in [-0.1, -0.05) is 243 Å². The summed E-state index contributed by atoms with van der Waals surface area (Å²) in [5.74, 6) is 0. The van der Waals surface area contributed by atoms with Crippen molar-refractivity contribution in [3.63, 3.8) is 0 Å². The monoisotopic (exact) mass is 954 g/mol. The van der Waals surface area contributed by atoms with Crippen molar-refractivity contribution in [3.8, 4) is 66.8 Å². The van der Waals surface area contributed by atoms with Crippen LogP contribution in [0.5, 0.6) is 0 Å². The maximum absolute atomic E-state index is 2.57. The van der Waals surface area contributed by atoms with Crippen LogP contribution < -0.4 is 9.80 Å². The molecule has 352 valence electrons. The number of rotatable bonds is 10. The Morgan fingerprint density at radius 3 is 0.880 bits per heavy atom. The molecular formula is C73H50N2. The van der Waals surface area contributed by atoms with E-state index in [0.717, 1.165) is 73.1 Å². The van der Waals surface area contributed by atoms with Gasteiger partial charge < -0.3 is 9.80 Å². The van der Waals surface area contributed by atoms with Crippen LogP contribution in [0.2, 0.25) is 0 Å². The summed E-state index contributed by atoms with van der Waals surface area (Å²) < 4.78 is 0. The van der Waals surface area contributed by atoms with Crippen LogP contribution in [0, 0.1) is 0 Å². The molecule has 1 unspecified atom stereocenters. The van der Waals surface area contributed by atoms with Crippen LogP contribution in [-0.2, 0) is 5.41 Å². The molecule has 2 nitrogen and oxygen atoms in total. The highest BCUT2D eigenvalue weighted by molar-refractivity contribution is 6.05. The van der Waals surface area contributed by atoms with Gasteiger partial charge in [0.15, 0.2) is 0 Å². The smallest absolute Gasteiger partial charge is 0.0727 e. The highest BCUT2D eigenvalue weighted by atomic mass is 15.2. The van der Waals surface area contributed by atoms with E-state index < -0.39 is 5.41 Å². The Kier molecular flexibility index (Phi) is 10.8. The summed E-state index contributed by atoms with van der Waals surface area (Å²) in [7, 11) is 0. The van der Waals surface area contributed by atoms with Gasteiger partial charge in [0.2, 0.25) is 0 Å². The number of hydrogen-bond donors (Lipinski definition) is 0. The van der Waals surface area contributed by atoms with Gasteiger partial charge in [-0.2, -0.15) is 0 Å². The van der Waals surface area contributed by atoms with Crippen molar-refractivity contribution in [1.82, 2.24) is 0 Å². The Morgan fingerprint density at radius 2 is 0.493 bits per heavy atom. The Labute approximate surface area is 439 Å². The molecule has 2 heteroatoms. The maximum atomic E-state index is 2.57. The van der Waals surface area contributed by atoms with Gasteiger partial charge in [-0.05, 0) is 127 Å². The first-order valence-corrected chi connectivity index (χ1v) is 25.9. The summed E-state index contributed by atoms with van der Waals surface area (Å²) in [6.45, 7) is 0. The van der Waals surface area contributed by atoms with Crippen molar-refractivity contribution in [2.45, 2.75) is 5.41 Å². The first kappa shape index (κ1) is 44.0. The third-order valence-corrected chi connectivity index (χ3v) is 15.4. The van der Waals surface area contributed by atoms with Crippen molar-refractivity contribution in [2.75, 3.05) is 9.80 Å². The molecule has 0 amide bonds. The lowest BCUT2D eigenvalue weighted by atomic mass is 9.70. The number of benzene rings is 12. The molecule has 12 aromatic carbocycles. The first-order valence-electron chi connectivity index (χ1n) is 25.9. The second-order valence-electron chi connectivity index (χ2n) is 19.5. The lowest BCUT2D eigenvalue weighted by molar-refractivity contribution is 0.793. The van der Waals surface area contributed by atoms with Crippen LogP contribution in [-0.4, -0.2) is 0 Å². The average Bonchev–Trinajstić information content (AvgIpc) is 3.99. The molecule has 1 atom stereocenters. The average molecular weight is 955 g/mol. The number of anilines is 6. The van der Waals surface area contributed by atoms with Gasteiger partial charge in [0.1, 0.15) is 0 Å². The van der Waals surface area contributed by atoms with Gasteiger partial charge in [0.25, 0.3) is 0 Å². The maximum Gasteiger partial charge on any atom is 0.0727 e. The van der Waals surface area contributed by atoms with E-state index in [2.05, 4.69) is 313 Å². The molecular weight excluding hydrogens is 905 g/mol. The van der Waals surface area contributed by atoms with E-state index in [1.807, 2.05) is 0 Å². The molecule has 1 spiro atoms. The van der Waals surface area contributed by atoms with E-state index in [4.69, 9.17) is 0 Å². The molecule has 2 aliphatic carbocycles.